The highest BCUT2D eigenvalue weighted by atomic mass is 35.5. The second-order valence-electron chi connectivity index (χ2n) is 7.52. The van der Waals surface area contributed by atoms with Gasteiger partial charge in [-0.05, 0) is 35.4 Å². The fraction of sp³-hybridized carbons (Fsp3) is 0.435. The Hall–Kier alpha value is -2.28. The fourth-order valence-electron chi connectivity index (χ4n) is 2.89. The van der Waals surface area contributed by atoms with E-state index in [1.54, 1.807) is 0 Å². The Labute approximate surface area is 182 Å². The third kappa shape index (κ3) is 6.90. The van der Waals surface area contributed by atoms with Crippen LogP contribution in [-0.2, 0) is 14.9 Å². The Morgan fingerprint density at radius 2 is 1.43 bits per heavy atom. The molecule has 0 aromatic heterocycles. The van der Waals surface area contributed by atoms with Gasteiger partial charge in [-0.25, -0.2) is 0 Å². The van der Waals surface area contributed by atoms with Crippen LogP contribution >= 0.6 is 11.6 Å². The van der Waals surface area contributed by atoms with E-state index < -0.39 is 18.2 Å². The zero-order valence-corrected chi connectivity index (χ0v) is 18.3. The van der Waals surface area contributed by atoms with Crippen LogP contribution in [0.15, 0.2) is 48.5 Å². The first kappa shape index (κ1) is 24.0. The topological polar surface area (TPSA) is 85.2 Å². The van der Waals surface area contributed by atoms with Crippen LogP contribution in [0.2, 0.25) is 0 Å². The van der Waals surface area contributed by atoms with E-state index >= 15 is 0 Å². The number of halogens is 1. The fourth-order valence-corrected chi connectivity index (χ4v) is 2.98. The second kappa shape index (κ2) is 11.2. The first-order valence-electron chi connectivity index (χ1n) is 9.75. The summed E-state index contributed by atoms with van der Waals surface area (Å²) in [5.41, 5.74) is 1.95. The van der Waals surface area contributed by atoms with Crippen LogP contribution in [0.3, 0.4) is 0 Å². The van der Waals surface area contributed by atoms with E-state index in [-0.39, 0.29) is 31.1 Å². The third-order valence-electron chi connectivity index (χ3n) is 4.74. The Morgan fingerprint density at radius 1 is 0.967 bits per heavy atom. The quantitative estimate of drug-likeness (QED) is 0.415. The van der Waals surface area contributed by atoms with Crippen molar-refractivity contribution in [1.82, 2.24) is 0 Å². The molecule has 0 aliphatic rings. The highest BCUT2D eigenvalue weighted by Crippen LogP contribution is 2.33. The number of hydrogen-bond donors (Lipinski definition) is 2. The van der Waals surface area contributed by atoms with E-state index in [4.69, 9.17) is 25.8 Å². The van der Waals surface area contributed by atoms with Gasteiger partial charge in [0.15, 0.2) is 6.10 Å². The molecule has 0 bridgehead atoms. The smallest absolute Gasteiger partial charge is 0.303 e. The minimum absolute atomic E-state index is 0.0820. The van der Waals surface area contributed by atoms with Crippen molar-refractivity contribution in [3.05, 3.63) is 59.7 Å². The second-order valence-corrected chi connectivity index (χ2v) is 7.83. The average molecular weight is 437 g/mol. The van der Waals surface area contributed by atoms with Crippen LogP contribution in [0.1, 0.15) is 31.9 Å². The van der Waals surface area contributed by atoms with Crippen molar-refractivity contribution in [2.45, 2.75) is 38.4 Å². The van der Waals surface area contributed by atoms with Gasteiger partial charge in [0, 0.05) is 12.3 Å². The molecule has 0 unspecified atom stereocenters. The molecule has 164 valence electrons. The molecule has 0 saturated heterocycles. The number of rotatable bonds is 11. The van der Waals surface area contributed by atoms with Gasteiger partial charge in [0.25, 0.3) is 0 Å². The van der Waals surface area contributed by atoms with Crippen LogP contribution in [0, 0.1) is 0 Å². The number of alkyl halides is 1. The maximum atomic E-state index is 11.0. The van der Waals surface area contributed by atoms with Gasteiger partial charge in [-0.15, -0.1) is 11.6 Å². The summed E-state index contributed by atoms with van der Waals surface area (Å²) in [6.45, 7) is 5.48. The zero-order valence-electron chi connectivity index (χ0n) is 17.5. The average Bonchev–Trinajstić information content (AvgIpc) is 2.75. The maximum absolute atomic E-state index is 11.0. The summed E-state index contributed by atoms with van der Waals surface area (Å²) in [6, 6.07) is 15.4. The molecule has 0 aliphatic heterocycles. The molecular weight excluding hydrogens is 408 g/mol. The van der Waals surface area contributed by atoms with E-state index in [1.807, 2.05) is 48.5 Å². The first-order valence-corrected chi connectivity index (χ1v) is 10.3. The summed E-state index contributed by atoms with van der Waals surface area (Å²) in [5.74, 6) is 0.978. The zero-order chi connectivity index (χ0) is 22.1. The first-order chi connectivity index (χ1) is 14.3. The predicted molar refractivity (Wildman–Crippen MR) is 115 cm³/mol. The number of hydrogen-bond acceptors (Lipinski definition) is 6. The normalized spacial score (nSPS) is 13.4. The number of aliphatic hydroxyl groups is 2. The van der Waals surface area contributed by atoms with Gasteiger partial charge in [0.05, 0.1) is 12.5 Å². The monoisotopic (exact) mass is 436 g/mol. The summed E-state index contributed by atoms with van der Waals surface area (Å²) >= 11 is 5.57. The molecule has 2 rings (SSSR count). The van der Waals surface area contributed by atoms with Gasteiger partial charge in [-0.2, -0.15) is 0 Å². The van der Waals surface area contributed by atoms with Crippen LogP contribution < -0.4 is 9.47 Å². The Balaban J connectivity index is 2.01. The largest absolute Gasteiger partial charge is 0.491 e. The molecule has 0 spiro atoms. The van der Waals surface area contributed by atoms with Crippen molar-refractivity contribution in [3.63, 3.8) is 0 Å². The number of aliphatic hydroxyl groups excluding tert-OH is 2. The van der Waals surface area contributed by atoms with Crippen molar-refractivity contribution in [2.24, 2.45) is 0 Å². The lowest BCUT2D eigenvalue weighted by Crippen LogP contribution is -2.27. The third-order valence-corrected chi connectivity index (χ3v) is 5.10. The lowest BCUT2D eigenvalue weighted by molar-refractivity contribution is -0.150. The van der Waals surface area contributed by atoms with E-state index in [1.165, 1.54) is 6.92 Å². The molecule has 2 N–H and O–H groups in total. The summed E-state index contributed by atoms with van der Waals surface area (Å²) in [5, 5.41) is 18.7. The lowest BCUT2D eigenvalue weighted by Gasteiger charge is -2.26. The Morgan fingerprint density at radius 3 is 1.83 bits per heavy atom. The summed E-state index contributed by atoms with van der Waals surface area (Å²) in [7, 11) is 0. The number of carbonyl (C=O) groups is 1. The molecule has 0 amide bonds. The molecular formula is C23H29ClO6. The molecule has 2 atom stereocenters. The molecule has 0 heterocycles. The van der Waals surface area contributed by atoms with E-state index in [9.17, 15) is 15.0 Å². The summed E-state index contributed by atoms with van der Waals surface area (Å²) < 4.78 is 16.1. The Kier molecular flexibility index (Phi) is 8.96. The molecule has 6 nitrogen and oxygen atoms in total. The molecule has 0 radical (unpaired) electrons. The van der Waals surface area contributed by atoms with Gasteiger partial charge in [0.2, 0.25) is 0 Å². The SMILES string of the molecule is CC(=O)O[C@H](CO)COc1ccc(C(C)(C)c2ccc(OC[C@H](O)CCl)cc2)cc1. The molecule has 30 heavy (non-hydrogen) atoms. The minimum Gasteiger partial charge on any atom is -0.491 e. The standard InChI is InChI=1S/C23H29ClO6/c1-16(26)30-22(13-25)15-29-21-10-6-18(7-11-21)23(2,3)17-4-8-20(9-5-17)28-14-19(27)12-24/h4-11,19,22,25,27H,12-15H2,1-3H3/t19-,22-/m1/s1. The molecule has 2 aromatic carbocycles. The van der Waals surface area contributed by atoms with Crippen molar-refractivity contribution in [2.75, 3.05) is 25.7 Å². The molecule has 0 saturated carbocycles. The molecule has 0 fully saturated rings. The van der Waals surface area contributed by atoms with Crippen LogP contribution in [0.25, 0.3) is 0 Å². The van der Waals surface area contributed by atoms with Gasteiger partial charge in [-0.1, -0.05) is 38.1 Å². The van der Waals surface area contributed by atoms with Crippen LogP contribution in [0.5, 0.6) is 11.5 Å². The van der Waals surface area contributed by atoms with Gasteiger partial charge < -0.3 is 24.4 Å². The molecule has 0 aliphatic carbocycles. The van der Waals surface area contributed by atoms with Crippen molar-refractivity contribution in [3.8, 4) is 11.5 Å². The highest BCUT2D eigenvalue weighted by Gasteiger charge is 2.23. The minimum atomic E-state index is -0.690. The molecule has 7 heteroatoms. The van der Waals surface area contributed by atoms with Crippen molar-refractivity contribution >= 4 is 17.6 Å². The van der Waals surface area contributed by atoms with Crippen molar-refractivity contribution < 1.29 is 29.2 Å². The lowest BCUT2D eigenvalue weighted by atomic mass is 9.78. The highest BCUT2D eigenvalue weighted by molar-refractivity contribution is 6.18. The van der Waals surface area contributed by atoms with Crippen LogP contribution in [-0.4, -0.2) is 54.1 Å². The van der Waals surface area contributed by atoms with Gasteiger partial charge in [0.1, 0.15) is 30.8 Å². The summed E-state index contributed by atoms with van der Waals surface area (Å²) in [6.07, 6.45) is -1.38. The van der Waals surface area contributed by atoms with Gasteiger partial charge in [-0.3, -0.25) is 4.79 Å². The van der Waals surface area contributed by atoms with E-state index in [0.29, 0.717) is 11.5 Å². The number of ether oxygens (including phenoxy) is 3. The Bertz CT molecular complexity index is 788. The van der Waals surface area contributed by atoms with Crippen LogP contribution in [0.4, 0.5) is 0 Å². The summed E-state index contributed by atoms with van der Waals surface area (Å²) in [4.78, 5) is 11.0. The van der Waals surface area contributed by atoms with E-state index in [0.717, 1.165) is 11.1 Å². The van der Waals surface area contributed by atoms with E-state index in [2.05, 4.69) is 13.8 Å². The predicted octanol–water partition coefficient (Wildman–Crippen LogP) is 3.29. The van der Waals surface area contributed by atoms with Crippen molar-refractivity contribution in [1.29, 1.82) is 0 Å². The number of carbonyl (C=O) groups excluding carboxylic acids is 1. The maximum Gasteiger partial charge on any atom is 0.303 e. The number of benzene rings is 2. The number of esters is 1. The van der Waals surface area contributed by atoms with Gasteiger partial charge >= 0.3 is 5.97 Å². The molecule has 2 aromatic rings.